The van der Waals surface area contributed by atoms with Crippen molar-refractivity contribution < 1.29 is 14.0 Å². The maximum Gasteiger partial charge on any atom is 0.253 e. The van der Waals surface area contributed by atoms with Crippen molar-refractivity contribution in [3.8, 4) is 0 Å². The zero-order chi connectivity index (χ0) is 18.7. The van der Waals surface area contributed by atoms with Gasteiger partial charge in [-0.2, -0.15) is 0 Å². The number of carbonyl (C=O) groups is 2. The van der Waals surface area contributed by atoms with E-state index in [2.05, 4.69) is 20.6 Å². The van der Waals surface area contributed by atoms with E-state index < -0.39 is 11.7 Å². The molecule has 6 nitrogen and oxygen atoms in total. The molecule has 1 aromatic heterocycles. The molecule has 0 aliphatic rings. The van der Waals surface area contributed by atoms with Crippen molar-refractivity contribution in [2.45, 2.75) is 0 Å². The second-order valence-electron chi connectivity index (χ2n) is 5.45. The number of aromatic nitrogens is 2. The summed E-state index contributed by atoms with van der Waals surface area (Å²) in [6, 6.07) is 9.04. The standard InChI is InChI=1S/C17H14ClFN4O2S/c18-12-4-2-1-3-10(12)15(24)20-5-6-21-16(25)11-7-9(19)8-13-14(11)23-17(26)22-13/h1-4,7-8H,5-6H2,(H,20,24)(H,21,25)(H2,22,23,26). The van der Waals surface area contributed by atoms with Gasteiger partial charge in [-0.25, -0.2) is 4.39 Å². The minimum Gasteiger partial charge on any atom is -0.350 e. The lowest BCUT2D eigenvalue weighted by molar-refractivity contribution is 0.0928. The molecule has 134 valence electrons. The van der Waals surface area contributed by atoms with Crippen LogP contribution < -0.4 is 10.6 Å². The number of carbonyl (C=O) groups excluding carboxylic acids is 2. The van der Waals surface area contributed by atoms with Gasteiger partial charge in [0.2, 0.25) is 0 Å². The highest BCUT2D eigenvalue weighted by Crippen LogP contribution is 2.18. The molecule has 4 N–H and O–H groups in total. The molecule has 9 heteroatoms. The van der Waals surface area contributed by atoms with Gasteiger partial charge in [-0.3, -0.25) is 9.59 Å². The smallest absolute Gasteiger partial charge is 0.253 e. The average molecular weight is 393 g/mol. The van der Waals surface area contributed by atoms with Crippen LogP contribution in [0.4, 0.5) is 4.39 Å². The maximum atomic E-state index is 13.7. The van der Waals surface area contributed by atoms with Crippen molar-refractivity contribution in [1.29, 1.82) is 0 Å². The summed E-state index contributed by atoms with van der Waals surface area (Å²) < 4.78 is 14.0. The summed E-state index contributed by atoms with van der Waals surface area (Å²) in [4.78, 5) is 29.9. The maximum absolute atomic E-state index is 13.7. The summed E-state index contributed by atoms with van der Waals surface area (Å²) in [5, 5.41) is 5.63. The van der Waals surface area contributed by atoms with Crippen LogP contribution in [0.1, 0.15) is 20.7 Å². The predicted octanol–water partition coefficient (Wildman–Crippen LogP) is 3.18. The summed E-state index contributed by atoms with van der Waals surface area (Å²) in [6.07, 6.45) is 0. The minimum absolute atomic E-state index is 0.129. The molecule has 0 atom stereocenters. The van der Waals surface area contributed by atoms with Gasteiger partial charge in [-0.05, 0) is 36.5 Å². The minimum atomic E-state index is -0.556. The molecule has 0 radical (unpaired) electrons. The number of fused-ring (bicyclic) bond motifs is 1. The van der Waals surface area contributed by atoms with Gasteiger partial charge >= 0.3 is 0 Å². The van der Waals surface area contributed by atoms with E-state index in [1.165, 1.54) is 6.07 Å². The number of H-pyrrole nitrogens is 2. The zero-order valence-electron chi connectivity index (χ0n) is 13.4. The van der Waals surface area contributed by atoms with Crippen LogP contribution in [0.25, 0.3) is 11.0 Å². The number of hydrogen-bond donors (Lipinski definition) is 4. The molecular formula is C17H14ClFN4O2S. The van der Waals surface area contributed by atoms with Gasteiger partial charge < -0.3 is 20.6 Å². The third kappa shape index (κ3) is 3.92. The number of nitrogens with one attached hydrogen (secondary N) is 4. The van der Waals surface area contributed by atoms with Gasteiger partial charge in [0.05, 0.1) is 27.2 Å². The highest BCUT2D eigenvalue weighted by molar-refractivity contribution is 7.71. The van der Waals surface area contributed by atoms with Crippen molar-refractivity contribution in [2.24, 2.45) is 0 Å². The topological polar surface area (TPSA) is 89.8 Å². The van der Waals surface area contributed by atoms with Gasteiger partial charge in [-0.1, -0.05) is 23.7 Å². The van der Waals surface area contributed by atoms with Gasteiger partial charge in [0.15, 0.2) is 4.77 Å². The lowest BCUT2D eigenvalue weighted by Gasteiger charge is -2.09. The number of hydrogen-bond acceptors (Lipinski definition) is 3. The number of rotatable bonds is 5. The Bertz CT molecular complexity index is 1050. The van der Waals surface area contributed by atoms with E-state index in [1.807, 2.05) is 0 Å². The van der Waals surface area contributed by atoms with E-state index in [0.29, 0.717) is 26.4 Å². The molecule has 0 aliphatic heterocycles. The fourth-order valence-electron chi connectivity index (χ4n) is 2.47. The third-order valence-electron chi connectivity index (χ3n) is 3.65. The highest BCUT2D eigenvalue weighted by Gasteiger charge is 2.14. The fraction of sp³-hybridized carbons (Fsp3) is 0.118. The molecule has 0 bridgehead atoms. The highest BCUT2D eigenvalue weighted by atomic mass is 35.5. The Hall–Kier alpha value is -2.71. The average Bonchev–Trinajstić information content (AvgIpc) is 2.97. The number of aromatic amines is 2. The van der Waals surface area contributed by atoms with Crippen LogP contribution in [0.2, 0.25) is 5.02 Å². The zero-order valence-corrected chi connectivity index (χ0v) is 14.9. The van der Waals surface area contributed by atoms with Crippen molar-refractivity contribution in [3.05, 3.63) is 63.1 Å². The van der Waals surface area contributed by atoms with E-state index in [-0.39, 0.29) is 24.6 Å². The summed E-state index contributed by atoms with van der Waals surface area (Å²) in [5.41, 5.74) is 1.32. The SMILES string of the molecule is O=C(NCCNC(=O)c1cc(F)cc2[nH]c(=S)[nH]c12)c1ccccc1Cl. The quantitative estimate of drug-likeness (QED) is 0.397. The van der Waals surface area contributed by atoms with Crippen molar-refractivity contribution in [2.75, 3.05) is 13.1 Å². The van der Waals surface area contributed by atoms with E-state index >= 15 is 0 Å². The van der Waals surface area contributed by atoms with Crippen LogP contribution in [0.3, 0.4) is 0 Å². The Morgan fingerprint density at radius 3 is 2.38 bits per heavy atom. The summed E-state index contributed by atoms with van der Waals surface area (Å²) in [5.74, 6) is -1.38. The largest absolute Gasteiger partial charge is 0.350 e. The van der Waals surface area contributed by atoms with Crippen LogP contribution in [0.5, 0.6) is 0 Å². The number of benzene rings is 2. The van der Waals surface area contributed by atoms with Crippen molar-refractivity contribution in [3.63, 3.8) is 0 Å². The van der Waals surface area contributed by atoms with Crippen LogP contribution in [-0.4, -0.2) is 34.9 Å². The molecular weight excluding hydrogens is 379 g/mol. The predicted molar refractivity (Wildman–Crippen MR) is 99.6 cm³/mol. The van der Waals surface area contributed by atoms with Gasteiger partial charge in [0, 0.05) is 13.1 Å². The van der Waals surface area contributed by atoms with Crippen LogP contribution in [0.15, 0.2) is 36.4 Å². The van der Waals surface area contributed by atoms with E-state index in [9.17, 15) is 14.0 Å². The fourth-order valence-corrected chi connectivity index (χ4v) is 2.91. The van der Waals surface area contributed by atoms with Crippen LogP contribution >= 0.6 is 23.8 Å². The first-order valence-electron chi connectivity index (χ1n) is 7.68. The monoisotopic (exact) mass is 392 g/mol. The number of imidazole rings is 1. The number of amides is 2. The van der Waals surface area contributed by atoms with E-state index in [0.717, 1.165) is 6.07 Å². The van der Waals surface area contributed by atoms with Crippen LogP contribution in [0, 0.1) is 10.6 Å². The third-order valence-corrected chi connectivity index (χ3v) is 4.18. The molecule has 0 unspecified atom stereocenters. The molecule has 3 aromatic rings. The Morgan fingerprint density at radius 2 is 1.69 bits per heavy atom. The Labute approximate surface area is 157 Å². The van der Waals surface area contributed by atoms with E-state index in [1.54, 1.807) is 24.3 Å². The number of halogens is 2. The lowest BCUT2D eigenvalue weighted by atomic mass is 10.1. The Morgan fingerprint density at radius 1 is 1.04 bits per heavy atom. The second-order valence-corrected chi connectivity index (χ2v) is 6.26. The Balaban J connectivity index is 1.61. The molecule has 2 amide bonds. The van der Waals surface area contributed by atoms with Gasteiger partial charge in [0.25, 0.3) is 11.8 Å². The molecule has 0 aliphatic carbocycles. The Kier molecular flexibility index (Phi) is 5.34. The lowest BCUT2D eigenvalue weighted by Crippen LogP contribution is -2.34. The van der Waals surface area contributed by atoms with Crippen molar-refractivity contribution >= 4 is 46.7 Å². The first-order valence-corrected chi connectivity index (χ1v) is 8.47. The van der Waals surface area contributed by atoms with Gasteiger partial charge in [0.1, 0.15) is 5.82 Å². The summed E-state index contributed by atoms with van der Waals surface area (Å²) in [7, 11) is 0. The van der Waals surface area contributed by atoms with Gasteiger partial charge in [-0.15, -0.1) is 0 Å². The summed E-state index contributed by atoms with van der Waals surface area (Å²) in [6.45, 7) is 0.357. The normalized spacial score (nSPS) is 10.7. The van der Waals surface area contributed by atoms with Crippen molar-refractivity contribution in [1.82, 2.24) is 20.6 Å². The first-order chi connectivity index (χ1) is 12.5. The molecule has 2 aromatic carbocycles. The molecule has 26 heavy (non-hydrogen) atoms. The molecule has 0 saturated heterocycles. The molecule has 0 fully saturated rings. The second kappa shape index (κ2) is 7.67. The molecule has 0 saturated carbocycles. The van der Waals surface area contributed by atoms with E-state index in [4.69, 9.17) is 23.8 Å². The molecule has 1 heterocycles. The van der Waals surface area contributed by atoms with Crippen LogP contribution in [-0.2, 0) is 0 Å². The molecule has 0 spiro atoms. The first kappa shape index (κ1) is 18.1. The summed E-state index contributed by atoms with van der Waals surface area (Å²) >= 11 is 10.9. The molecule has 3 rings (SSSR count).